The minimum atomic E-state index is -0.346. The van der Waals surface area contributed by atoms with Crippen molar-refractivity contribution in [1.29, 1.82) is 0 Å². The first-order valence-electron chi connectivity index (χ1n) is 4.01. The lowest BCUT2D eigenvalue weighted by Crippen LogP contribution is -2.42. The van der Waals surface area contributed by atoms with E-state index in [0.717, 1.165) is 6.42 Å². The molecule has 0 amide bonds. The Morgan fingerprint density at radius 1 is 1.45 bits per heavy atom. The number of aliphatic hydroxyl groups excluding tert-OH is 1. The molecule has 0 aromatic rings. The Morgan fingerprint density at radius 3 is 2.55 bits per heavy atom. The molecule has 3 heteroatoms. The zero-order valence-electron chi connectivity index (χ0n) is 7.28. The Hall–Kier alpha value is -0.120. The summed E-state index contributed by atoms with van der Waals surface area (Å²) in [6, 6.07) is 0. The largest absolute Gasteiger partial charge is 0.390 e. The van der Waals surface area contributed by atoms with E-state index in [9.17, 15) is 5.11 Å². The zero-order chi connectivity index (χ0) is 8.43. The summed E-state index contributed by atoms with van der Waals surface area (Å²) in [4.78, 5) is 0. The van der Waals surface area contributed by atoms with Crippen LogP contribution in [-0.4, -0.2) is 30.7 Å². The van der Waals surface area contributed by atoms with Crippen molar-refractivity contribution < 1.29 is 14.6 Å². The predicted molar refractivity (Wildman–Crippen MR) is 41.1 cm³/mol. The molecule has 3 nitrogen and oxygen atoms in total. The summed E-state index contributed by atoms with van der Waals surface area (Å²) in [5, 5.41) is 9.48. The summed E-state index contributed by atoms with van der Waals surface area (Å²) in [6.45, 7) is 3.88. The van der Waals surface area contributed by atoms with Gasteiger partial charge in [0.25, 0.3) is 0 Å². The van der Waals surface area contributed by atoms with Gasteiger partial charge in [0.05, 0.1) is 12.2 Å². The van der Waals surface area contributed by atoms with Gasteiger partial charge in [0.1, 0.15) is 0 Å². The van der Waals surface area contributed by atoms with Crippen LogP contribution in [0.4, 0.5) is 0 Å². The van der Waals surface area contributed by atoms with Crippen molar-refractivity contribution in [1.82, 2.24) is 0 Å². The minimum Gasteiger partial charge on any atom is -0.390 e. The van der Waals surface area contributed by atoms with Crippen LogP contribution in [0.1, 0.15) is 20.3 Å². The molecule has 1 aliphatic heterocycles. The number of aliphatic hydroxyl groups is 1. The van der Waals surface area contributed by atoms with Crippen LogP contribution in [-0.2, 0) is 9.47 Å². The summed E-state index contributed by atoms with van der Waals surface area (Å²) < 4.78 is 10.4. The molecule has 4 atom stereocenters. The Balaban J connectivity index is 2.47. The average Bonchev–Trinajstić information content (AvgIpc) is 1.99. The molecule has 1 N–H and O–H groups in total. The highest BCUT2D eigenvalue weighted by atomic mass is 16.7. The standard InChI is InChI=1S/C8H16O3/c1-5-4-7(10-3)11-6(2)8(5)9/h5-9H,4H2,1-3H3/t5-,6-,7-,8+/m1/s1. The van der Waals surface area contributed by atoms with Crippen molar-refractivity contribution in [2.24, 2.45) is 5.92 Å². The molecule has 0 unspecified atom stereocenters. The van der Waals surface area contributed by atoms with Gasteiger partial charge in [-0.2, -0.15) is 0 Å². The Labute approximate surface area is 67.3 Å². The molecule has 0 saturated carbocycles. The Bertz CT molecular complexity index is 115. The number of hydrogen-bond donors (Lipinski definition) is 1. The maximum absolute atomic E-state index is 9.48. The van der Waals surface area contributed by atoms with Crippen molar-refractivity contribution in [3.05, 3.63) is 0 Å². The highest BCUT2D eigenvalue weighted by molar-refractivity contribution is 4.77. The molecule has 0 spiro atoms. The summed E-state index contributed by atoms with van der Waals surface area (Å²) in [5.74, 6) is 0.267. The van der Waals surface area contributed by atoms with Gasteiger partial charge in [-0.15, -0.1) is 0 Å². The van der Waals surface area contributed by atoms with E-state index in [1.54, 1.807) is 7.11 Å². The second-order valence-corrected chi connectivity index (χ2v) is 3.21. The SMILES string of the molecule is CO[C@H]1C[C@@H](C)[C@H](O)[C@@H](C)O1. The fourth-order valence-electron chi connectivity index (χ4n) is 1.43. The number of ether oxygens (including phenoxy) is 2. The van der Waals surface area contributed by atoms with Gasteiger partial charge in [0.15, 0.2) is 6.29 Å². The molecule has 1 saturated heterocycles. The first-order valence-corrected chi connectivity index (χ1v) is 4.01. The smallest absolute Gasteiger partial charge is 0.158 e. The van der Waals surface area contributed by atoms with Crippen LogP contribution in [0, 0.1) is 5.92 Å². The minimum absolute atomic E-state index is 0.108. The fraction of sp³-hybridized carbons (Fsp3) is 1.00. The van der Waals surface area contributed by atoms with E-state index in [2.05, 4.69) is 0 Å². The van der Waals surface area contributed by atoms with Gasteiger partial charge in [0.2, 0.25) is 0 Å². The van der Waals surface area contributed by atoms with Crippen molar-refractivity contribution >= 4 is 0 Å². The highest BCUT2D eigenvalue weighted by Crippen LogP contribution is 2.24. The van der Waals surface area contributed by atoms with Crippen LogP contribution in [0.25, 0.3) is 0 Å². The zero-order valence-corrected chi connectivity index (χ0v) is 7.28. The molecular weight excluding hydrogens is 144 g/mol. The monoisotopic (exact) mass is 160 g/mol. The molecule has 0 bridgehead atoms. The van der Waals surface area contributed by atoms with Crippen LogP contribution in [0.2, 0.25) is 0 Å². The van der Waals surface area contributed by atoms with E-state index in [1.807, 2.05) is 13.8 Å². The fourth-order valence-corrected chi connectivity index (χ4v) is 1.43. The molecule has 0 aliphatic carbocycles. The summed E-state index contributed by atoms with van der Waals surface area (Å²) in [6.07, 6.45) is 0.190. The third kappa shape index (κ3) is 1.92. The van der Waals surface area contributed by atoms with Gasteiger partial charge < -0.3 is 14.6 Å². The van der Waals surface area contributed by atoms with E-state index in [-0.39, 0.29) is 24.4 Å². The van der Waals surface area contributed by atoms with E-state index in [0.29, 0.717) is 0 Å². The van der Waals surface area contributed by atoms with Crippen molar-refractivity contribution in [3.8, 4) is 0 Å². The summed E-state index contributed by atoms with van der Waals surface area (Å²) in [5.41, 5.74) is 0. The van der Waals surface area contributed by atoms with E-state index in [4.69, 9.17) is 9.47 Å². The van der Waals surface area contributed by atoms with Crippen molar-refractivity contribution in [3.63, 3.8) is 0 Å². The van der Waals surface area contributed by atoms with E-state index < -0.39 is 0 Å². The lowest BCUT2D eigenvalue weighted by atomic mass is 9.94. The normalized spacial score (nSPS) is 45.8. The Kier molecular flexibility index (Phi) is 2.87. The van der Waals surface area contributed by atoms with E-state index in [1.165, 1.54) is 0 Å². The predicted octanol–water partition coefficient (Wildman–Crippen LogP) is 0.765. The van der Waals surface area contributed by atoms with Crippen molar-refractivity contribution in [2.75, 3.05) is 7.11 Å². The molecule has 1 aliphatic rings. The maximum Gasteiger partial charge on any atom is 0.158 e. The number of hydrogen-bond acceptors (Lipinski definition) is 3. The molecule has 0 radical (unpaired) electrons. The molecule has 0 aromatic carbocycles. The lowest BCUT2D eigenvalue weighted by Gasteiger charge is -2.35. The second kappa shape index (κ2) is 3.52. The molecular formula is C8H16O3. The van der Waals surface area contributed by atoms with Crippen LogP contribution in [0.5, 0.6) is 0 Å². The molecule has 1 fully saturated rings. The van der Waals surface area contributed by atoms with Gasteiger partial charge in [-0.3, -0.25) is 0 Å². The quantitative estimate of drug-likeness (QED) is 0.615. The molecule has 0 aromatic heterocycles. The average molecular weight is 160 g/mol. The van der Waals surface area contributed by atoms with Gasteiger partial charge in [0, 0.05) is 13.5 Å². The lowest BCUT2D eigenvalue weighted by molar-refractivity contribution is -0.221. The van der Waals surface area contributed by atoms with Gasteiger partial charge in [-0.25, -0.2) is 0 Å². The molecule has 11 heavy (non-hydrogen) atoms. The van der Waals surface area contributed by atoms with E-state index >= 15 is 0 Å². The van der Waals surface area contributed by atoms with Crippen LogP contribution < -0.4 is 0 Å². The first-order chi connectivity index (χ1) is 5.15. The topological polar surface area (TPSA) is 38.7 Å². The Morgan fingerprint density at radius 2 is 2.09 bits per heavy atom. The van der Waals surface area contributed by atoms with Crippen LogP contribution >= 0.6 is 0 Å². The first kappa shape index (κ1) is 8.97. The summed E-state index contributed by atoms with van der Waals surface area (Å²) >= 11 is 0. The van der Waals surface area contributed by atoms with Crippen LogP contribution in [0.3, 0.4) is 0 Å². The van der Waals surface area contributed by atoms with Gasteiger partial charge in [-0.1, -0.05) is 6.92 Å². The molecule has 1 heterocycles. The van der Waals surface area contributed by atoms with Crippen molar-refractivity contribution in [2.45, 2.75) is 38.8 Å². The third-order valence-corrected chi connectivity index (χ3v) is 2.26. The highest BCUT2D eigenvalue weighted by Gasteiger charge is 2.32. The number of methoxy groups -OCH3 is 1. The molecule has 66 valence electrons. The number of rotatable bonds is 1. The van der Waals surface area contributed by atoms with Gasteiger partial charge in [-0.05, 0) is 12.8 Å². The maximum atomic E-state index is 9.48. The van der Waals surface area contributed by atoms with Gasteiger partial charge >= 0.3 is 0 Å². The molecule has 1 rings (SSSR count). The third-order valence-electron chi connectivity index (χ3n) is 2.26. The second-order valence-electron chi connectivity index (χ2n) is 3.21. The summed E-state index contributed by atoms with van der Waals surface area (Å²) in [7, 11) is 1.63. The van der Waals surface area contributed by atoms with Crippen LogP contribution in [0.15, 0.2) is 0 Å².